The summed E-state index contributed by atoms with van der Waals surface area (Å²) in [5.74, 6) is 2.20. The van der Waals surface area contributed by atoms with Crippen LogP contribution in [0.25, 0.3) is 0 Å². The van der Waals surface area contributed by atoms with Gasteiger partial charge in [0.15, 0.2) is 0 Å². The Morgan fingerprint density at radius 1 is 1.25 bits per heavy atom. The third-order valence-corrected chi connectivity index (χ3v) is 3.15. The number of piperidine rings is 1. The first-order chi connectivity index (χ1) is 7.77. The standard InChI is InChI=1S/C11H19N3OS/c1-9(2)8-15-11-10(12-16-13-11)14-6-4-3-5-7-14/h9H,3-8H2,1-2H3. The van der Waals surface area contributed by atoms with Crippen LogP contribution in [0.3, 0.4) is 0 Å². The van der Waals surface area contributed by atoms with Gasteiger partial charge in [-0.3, -0.25) is 0 Å². The average Bonchev–Trinajstić information content (AvgIpc) is 2.75. The molecule has 1 saturated heterocycles. The summed E-state index contributed by atoms with van der Waals surface area (Å²) in [4.78, 5) is 2.29. The van der Waals surface area contributed by atoms with Gasteiger partial charge in [-0.25, -0.2) is 0 Å². The molecular weight excluding hydrogens is 222 g/mol. The van der Waals surface area contributed by atoms with Crippen molar-refractivity contribution in [3.05, 3.63) is 0 Å². The minimum Gasteiger partial charge on any atom is -0.474 e. The fourth-order valence-electron chi connectivity index (χ4n) is 1.81. The molecule has 2 rings (SSSR count). The van der Waals surface area contributed by atoms with Gasteiger partial charge in [0.2, 0.25) is 5.82 Å². The van der Waals surface area contributed by atoms with E-state index < -0.39 is 0 Å². The largest absolute Gasteiger partial charge is 0.474 e. The van der Waals surface area contributed by atoms with Crippen LogP contribution >= 0.6 is 11.7 Å². The number of hydrogen-bond acceptors (Lipinski definition) is 5. The van der Waals surface area contributed by atoms with Gasteiger partial charge in [0, 0.05) is 13.1 Å². The second kappa shape index (κ2) is 5.48. The van der Waals surface area contributed by atoms with Crippen LogP contribution in [0.2, 0.25) is 0 Å². The van der Waals surface area contributed by atoms with Crippen molar-refractivity contribution in [1.82, 2.24) is 8.75 Å². The molecule has 0 amide bonds. The Bertz CT molecular complexity index is 321. The van der Waals surface area contributed by atoms with Gasteiger partial charge >= 0.3 is 0 Å². The van der Waals surface area contributed by atoms with Crippen LogP contribution in [0.1, 0.15) is 33.1 Å². The van der Waals surface area contributed by atoms with Crippen LogP contribution in [-0.4, -0.2) is 28.4 Å². The summed E-state index contributed by atoms with van der Waals surface area (Å²) < 4.78 is 14.3. The van der Waals surface area contributed by atoms with Crippen molar-refractivity contribution in [1.29, 1.82) is 0 Å². The number of anilines is 1. The zero-order valence-electron chi connectivity index (χ0n) is 9.98. The van der Waals surface area contributed by atoms with Crippen LogP contribution in [0.5, 0.6) is 5.88 Å². The van der Waals surface area contributed by atoms with E-state index in [1.807, 2.05) is 0 Å². The summed E-state index contributed by atoms with van der Waals surface area (Å²) in [6.07, 6.45) is 3.83. The van der Waals surface area contributed by atoms with Crippen molar-refractivity contribution in [2.45, 2.75) is 33.1 Å². The first-order valence-electron chi connectivity index (χ1n) is 5.97. The summed E-state index contributed by atoms with van der Waals surface area (Å²) in [6.45, 7) is 7.17. The molecule has 0 aromatic carbocycles. The normalized spacial score (nSPS) is 16.8. The van der Waals surface area contributed by atoms with Crippen molar-refractivity contribution < 1.29 is 4.74 Å². The van der Waals surface area contributed by atoms with Gasteiger partial charge in [-0.15, -0.1) is 4.37 Å². The highest BCUT2D eigenvalue weighted by atomic mass is 32.1. The Kier molecular flexibility index (Phi) is 3.98. The molecule has 1 aromatic heterocycles. The first-order valence-corrected chi connectivity index (χ1v) is 6.70. The Morgan fingerprint density at radius 3 is 2.69 bits per heavy atom. The molecule has 1 aromatic rings. The summed E-state index contributed by atoms with van der Waals surface area (Å²) >= 11 is 1.24. The molecule has 0 aliphatic carbocycles. The fraction of sp³-hybridized carbons (Fsp3) is 0.818. The molecule has 4 nitrogen and oxygen atoms in total. The lowest BCUT2D eigenvalue weighted by Crippen LogP contribution is -2.30. The molecule has 0 saturated carbocycles. The van der Waals surface area contributed by atoms with E-state index in [0.717, 1.165) is 24.8 Å². The lowest BCUT2D eigenvalue weighted by atomic mass is 10.1. The molecule has 0 spiro atoms. The minimum atomic E-state index is 0.524. The number of hydrogen-bond donors (Lipinski definition) is 0. The molecule has 0 unspecified atom stereocenters. The number of aromatic nitrogens is 2. The van der Waals surface area contributed by atoms with Crippen LogP contribution in [0.4, 0.5) is 5.82 Å². The topological polar surface area (TPSA) is 38.3 Å². The molecule has 1 fully saturated rings. The third kappa shape index (κ3) is 2.84. The molecule has 0 atom stereocenters. The maximum absolute atomic E-state index is 5.69. The van der Waals surface area contributed by atoms with Gasteiger partial charge in [-0.05, 0) is 25.2 Å². The van der Waals surface area contributed by atoms with Crippen molar-refractivity contribution >= 4 is 17.5 Å². The van der Waals surface area contributed by atoms with Gasteiger partial charge in [0.05, 0.1) is 18.3 Å². The highest BCUT2D eigenvalue weighted by Crippen LogP contribution is 2.28. The molecular formula is C11H19N3OS. The van der Waals surface area contributed by atoms with E-state index >= 15 is 0 Å². The number of ether oxygens (including phenoxy) is 1. The molecule has 90 valence electrons. The predicted molar refractivity (Wildman–Crippen MR) is 66.3 cm³/mol. The highest BCUT2D eigenvalue weighted by molar-refractivity contribution is 6.99. The smallest absolute Gasteiger partial charge is 0.270 e. The molecule has 16 heavy (non-hydrogen) atoms. The van der Waals surface area contributed by atoms with E-state index in [9.17, 15) is 0 Å². The zero-order chi connectivity index (χ0) is 11.4. The maximum atomic E-state index is 5.69. The van der Waals surface area contributed by atoms with Crippen LogP contribution in [-0.2, 0) is 0 Å². The lowest BCUT2D eigenvalue weighted by Gasteiger charge is -2.26. The SMILES string of the molecule is CC(C)COc1nsnc1N1CCCCC1. The summed E-state index contributed by atoms with van der Waals surface area (Å²) in [5.41, 5.74) is 0. The van der Waals surface area contributed by atoms with Crippen LogP contribution < -0.4 is 9.64 Å². The third-order valence-electron chi connectivity index (χ3n) is 2.65. The zero-order valence-corrected chi connectivity index (χ0v) is 10.8. The van der Waals surface area contributed by atoms with Gasteiger partial charge in [0.1, 0.15) is 0 Å². The van der Waals surface area contributed by atoms with Crippen LogP contribution in [0, 0.1) is 5.92 Å². The molecule has 0 bridgehead atoms. The molecule has 1 aliphatic rings. The minimum absolute atomic E-state index is 0.524. The number of rotatable bonds is 4. The molecule has 5 heteroatoms. The van der Waals surface area contributed by atoms with Gasteiger partial charge in [-0.1, -0.05) is 13.8 Å². The van der Waals surface area contributed by atoms with E-state index in [1.165, 1.54) is 31.0 Å². The average molecular weight is 241 g/mol. The molecule has 2 heterocycles. The van der Waals surface area contributed by atoms with E-state index in [1.54, 1.807) is 0 Å². The highest BCUT2D eigenvalue weighted by Gasteiger charge is 2.19. The van der Waals surface area contributed by atoms with E-state index in [0.29, 0.717) is 12.5 Å². The van der Waals surface area contributed by atoms with E-state index in [-0.39, 0.29) is 0 Å². The second-order valence-corrected chi connectivity index (χ2v) is 5.17. The first kappa shape index (κ1) is 11.6. The Labute approximate surface area is 101 Å². The van der Waals surface area contributed by atoms with Crippen molar-refractivity contribution in [3.63, 3.8) is 0 Å². The lowest BCUT2D eigenvalue weighted by molar-refractivity contribution is 0.263. The van der Waals surface area contributed by atoms with Crippen molar-refractivity contribution in [2.24, 2.45) is 5.92 Å². The molecule has 0 N–H and O–H groups in total. The maximum Gasteiger partial charge on any atom is 0.270 e. The Balaban J connectivity index is 2.00. The van der Waals surface area contributed by atoms with Gasteiger partial charge in [-0.2, -0.15) is 4.37 Å². The second-order valence-electron chi connectivity index (χ2n) is 4.65. The van der Waals surface area contributed by atoms with Gasteiger partial charge in [0.25, 0.3) is 5.88 Å². The summed E-state index contributed by atoms with van der Waals surface area (Å²) in [7, 11) is 0. The summed E-state index contributed by atoms with van der Waals surface area (Å²) in [6, 6.07) is 0. The summed E-state index contributed by atoms with van der Waals surface area (Å²) in [5, 5.41) is 0. The molecule has 1 aliphatic heterocycles. The Hall–Kier alpha value is -0.840. The number of nitrogens with zero attached hydrogens (tertiary/aromatic N) is 3. The predicted octanol–water partition coefficient (Wildman–Crippen LogP) is 2.56. The van der Waals surface area contributed by atoms with E-state index in [2.05, 4.69) is 27.5 Å². The van der Waals surface area contributed by atoms with Crippen molar-refractivity contribution in [3.8, 4) is 5.88 Å². The van der Waals surface area contributed by atoms with Crippen molar-refractivity contribution in [2.75, 3.05) is 24.6 Å². The van der Waals surface area contributed by atoms with Crippen LogP contribution in [0.15, 0.2) is 0 Å². The fourth-order valence-corrected chi connectivity index (χ4v) is 2.33. The molecule has 0 radical (unpaired) electrons. The quantitative estimate of drug-likeness (QED) is 0.812. The monoisotopic (exact) mass is 241 g/mol. The Morgan fingerprint density at radius 2 is 2.00 bits per heavy atom. The van der Waals surface area contributed by atoms with E-state index in [4.69, 9.17) is 4.74 Å². The van der Waals surface area contributed by atoms with Gasteiger partial charge < -0.3 is 9.64 Å².